The molecule has 2 rings (SSSR count). The number of urea groups is 1. The van der Waals surface area contributed by atoms with Crippen LogP contribution in [0.2, 0.25) is 5.02 Å². The number of likely N-dealkylation sites (N-methyl/N-ethyl adjacent to an activating group) is 1. The van der Waals surface area contributed by atoms with Crippen molar-refractivity contribution in [1.82, 2.24) is 10.2 Å². The molecule has 1 fully saturated rings. The number of carbonyl (C=O) groups is 1. The van der Waals surface area contributed by atoms with E-state index >= 15 is 0 Å². The van der Waals surface area contributed by atoms with Gasteiger partial charge >= 0.3 is 6.03 Å². The predicted octanol–water partition coefficient (Wildman–Crippen LogP) is 2.43. The minimum Gasteiger partial charge on any atom is -0.497 e. The topological polar surface area (TPSA) is 41.6 Å². The van der Waals surface area contributed by atoms with Crippen molar-refractivity contribution in [2.75, 3.05) is 20.2 Å². The Morgan fingerprint density at radius 2 is 2.35 bits per heavy atom. The number of ether oxygens (including phenoxy) is 1. The summed E-state index contributed by atoms with van der Waals surface area (Å²) in [4.78, 5) is 13.3. The number of hydrogen-bond acceptors (Lipinski definition) is 2. The normalized spacial score (nSPS) is 19.4. The maximum atomic E-state index is 11.6. The number of halogens is 1. The summed E-state index contributed by atoms with van der Waals surface area (Å²) in [7, 11) is 1.60. The van der Waals surface area contributed by atoms with Gasteiger partial charge in [0.1, 0.15) is 5.75 Å². The first-order valence-corrected chi connectivity index (χ1v) is 5.92. The molecule has 17 heavy (non-hydrogen) atoms. The van der Waals surface area contributed by atoms with Crippen molar-refractivity contribution < 1.29 is 9.53 Å². The third-order valence-corrected chi connectivity index (χ3v) is 3.28. The molecule has 0 bridgehead atoms. The van der Waals surface area contributed by atoms with Crippen molar-refractivity contribution in [3.05, 3.63) is 28.8 Å². The molecule has 1 N–H and O–H groups in total. The fourth-order valence-corrected chi connectivity index (χ4v) is 2.26. The summed E-state index contributed by atoms with van der Waals surface area (Å²) in [5.41, 5.74) is 0.928. The van der Waals surface area contributed by atoms with E-state index in [9.17, 15) is 4.79 Å². The van der Waals surface area contributed by atoms with E-state index < -0.39 is 0 Å². The molecule has 5 heteroatoms. The standard InChI is InChI=1S/C12H15ClN2O2/c1-3-15-7-11(14-12(15)16)9-5-4-8(17-2)6-10(9)13/h4-6,11H,3,7H2,1-2H3,(H,14,16). The number of methoxy groups -OCH3 is 1. The molecule has 1 atom stereocenters. The van der Waals surface area contributed by atoms with Gasteiger partial charge in [-0.3, -0.25) is 0 Å². The fraction of sp³-hybridized carbons (Fsp3) is 0.417. The van der Waals surface area contributed by atoms with Crippen LogP contribution in [0.4, 0.5) is 4.79 Å². The molecule has 0 aromatic heterocycles. The summed E-state index contributed by atoms with van der Waals surface area (Å²) in [6, 6.07) is 5.43. The van der Waals surface area contributed by atoms with Crippen molar-refractivity contribution in [3.8, 4) is 5.75 Å². The molecule has 1 aliphatic rings. The van der Waals surface area contributed by atoms with Crippen LogP contribution in [0.15, 0.2) is 18.2 Å². The molecular formula is C12H15ClN2O2. The Bertz CT molecular complexity index is 437. The fourth-order valence-electron chi connectivity index (χ4n) is 1.96. The highest BCUT2D eigenvalue weighted by Crippen LogP contribution is 2.29. The monoisotopic (exact) mass is 254 g/mol. The van der Waals surface area contributed by atoms with Crippen molar-refractivity contribution in [2.24, 2.45) is 0 Å². The molecule has 1 aliphatic heterocycles. The molecule has 1 unspecified atom stereocenters. The third-order valence-electron chi connectivity index (χ3n) is 2.95. The van der Waals surface area contributed by atoms with E-state index in [1.165, 1.54) is 0 Å². The highest BCUT2D eigenvalue weighted by atomic mass is 35.5. The molecule has 1 saturated heterocycles. The largest absolute Gasteiger partial charge is 0.497 e. The van der Waals surface area contributed by atoms with E-state index in [0.29, 0.717) is 18.1 Å². The number of rotatable bonds is 3. The van der Waals surface area contributed by atoms with Crippen LogP contribution in [0.3, 0.4) is 0 Å². The Morgan fingerprint density at radius 1 is 1.59 bits per heavy atom. The Labute approximate surface area is 106 Å². The van der Waals surface area contributed by atoms with Gasteiger partial charge in [0.2, 0.25) is 0 Å². The van der Waals surface area contributed by atoms with Gasteiger partial charge in [0, 0.05) is 18.1 Å². The second kappa shape index (κ2) is 4.84. The summed E-state index contributed by atoms with van der Waals surface area (Å²) in [6.07, 6.45) is 0. The molecule has 0 radical (unpaired) electrons. The molecule has 92 valence electrons. The minimum absolute atomic E-state index is 0.0376. The number of hydrogen-bond donors (Lipinski definition) is 1. The summed E-state index contributed by atoms with van der Waals surface area (Å²) < 4.78 is 5.09. The van der Waals surface area contributed by atoms with E-state index in [-0.39, 0.29) is 12.1 Å². The van der Waals surface area contributed by atoms with Crippen LogP contribution in [0.5, 0.6) is 5.75 Å². The molecule has 1 aromatic rings. The van der Waals surface area contributed by atoms with E-state index in [2.05, 4.69) is 5.32 Å². The van der Waals surface area contributed by atoms with Crippen LogP contribution in [0.1, 0.15) is 18.5 Å². The minimum atomic E-state index is -0.0409. The lowest BCUT2D eigenvalue weighted by molar-refractivity contribution is 0.219. The second-order valence-electron chi connectivity index (χ2n) is 3.93. The zero-order chi connectivity index (χ0) is 12.4. The molecule has 4 nitrogen and oxygen atoms in total. The van der Waals surface area contributed by atoms with Crippen LogP contribution in [-0.2, 0) is 0 Å². The van der Waals surface area contributed by atoms with Gasteiger partial charge in [-0.15, -0.1) is 0 Å². The van der Waals surface area contributed by atoms with E-state index in [1.807, 2.05) is 19.1 Å². The highest BCUT2D eigenvalue weighted by molar-refractivity contribution is 6.31. The average molecular weight is 255 g/mol. The summed E-state index contributed by atoms with van der Waals surface area (Å²) >= 11 is 6.18. The molecule has 0 saturated carbocycles. The van der Waals surface area contributed by atoms with Crippen molar-refractivity contribution in [3.63, 3.8) is 0 Å². The molecule has 0 aliphatic carbocycles. The summed E-state index contributed by atoms with van der Waals surface area (Å²) in [6.45, 7) is 3.31. The van der Waals surface area contributed by atoms with Gasteiger partial charge in [-0.2, -0.15) is 0 Å². The van der Waals surface area contributed by atoms with Gasteiger partial charge in [-0.25, -0.2) is 4.79 Å². The maximum absolute atomic E-state index is 11.6. The van der Waals surface area contributed by atoms with Gasteiger partial charge in [0.15, 0.2) is 0 Å². The van der Waals surface area contributed by atoms with Gasteiger partial charge in [-0.05, 0) is 24.6 Å². The third kappa shape index (κ3) is 2.31. The van der Waals surface area contributed by atoms with Crippen LogP contribution in [0.25, 0.3) is 0 Å². The Hall–Kier alpha value is -1.42. The molecule has 2 amide bonds. The van der Waals surface area contributed by atoms with Crippen molar-refractivity contribution in [2.45, 2.75) is 13.0 Å². The van der Waals surface area contributed by atoms with Gasteiger partial charge in [-0.1, -0.05) is 17.7 Å². The van der Waals surface area contributed by atoms with Gasteiger partial charge < -0.3 is 15.0 Å². The average Bonchev–Trinajstić information content (AvgIpc) is 2.70. The quantitative estimate of drug-likeness (QED) is 0.900. The number of amides is 2. The van der Waals surface area contributed by atoms with Crippen LogP contribution in [0, 0.1) is 0 Å². The van der Waals surface area contributed by atoms with Crippen molar-refractivity contribution >= 4 is 17.6 Å². The van der Waals surface area contributed by atoms with Crippen LogP contribution < -0.4 is 10.1 Å². The van der Waals surface area contributed by atoms with Crippen LogP contribution >= 0.6 is 11.6 Å². The maximum Gasteiger partial charge on any atom is 0.318 e. The number of nitrogens with one attached hydrogen (secondary N) is 1. The van der Waals surface area contributed by atoms with Gasteiger partial charge in [0.05, 0.1) is 13.2 Å². The highest BCUT2D eigenvalue weighted by Gasteiger charge is 2.29. The summed E-state index contributed by atoms with van der Waals surface area (Å²) in [5.74, 6) is 0.718. The Kier molecular flexibility index (Phi) is 3.43. The molecule has 0 spiro atoms. The smallest absolute Gasteiger partial charge is 0.318 e. The summed E-state index contributed by atoms with van der Waals surface area (Å²) in [5, 5.41) is 3.53. The lowest BCUT2D eigenvalue weighted by Gasteiger charge is -2.13. The zero-order valence-corrected chi connectivity index (χ0v) is 10.6. The molecular weight excluding hydrogens is 240 g/mol. The lowest BCUT2D eigenvalue weighted by Crippen LogP contribution is -2.27. The Balaban J connectivity index is 2.21. The first kappa shape index (κ1) is 12.0. The predicted molar refractivity (Wildman–Crippen MR) is 66.5 cm³/mol. The lowest BCUT2D eigenvalue weighted by atomic mass is 10.1. The van der Waals surface area contributed by atoms with E-state index in [1.54, 1.807) is 18.1 Å². The zero-order valence-electron chi connectivity index (χ0n) is 9.87. The molecule has 1 aromatic carbocycles. The van der Waals surface area contributed by atoms with Crippen LogP contribution in [-0.4, -0.2) is 31.1 Å². The van der Waals surface area contributed by atoms with Crippen molar-refractivity contribution in [1.29, 1.82) is 0 Å². The number of benzene rings is 1. The van der Waals surface area contributed by atoms with E-state index in [0.717, 1.165) is 11.3 Å². The molecule has 1 heterocycles. The number of nitrogens with zero attached hydrogens (tertiary/aromatic N) is 1. The SMILES string of the molecule is CCN1CC(c2ccc(OC)cc2Cl)NC1=O. The first-order chi connectivity index (χ1) is 8.15. The Morgan fingerprint density at radius 3 is 2.88 bits per heavy atom. The second-order valence-corrected chi connectivity index (χ2v) is 4.34. The van der Waals surface area contributed by atoms with E-state index in [4.69, 9.17) is 16.3 Å². The van der Waals surface area contributed by atoms with Gasteiger partial charge in [0.25, 0.3) is 0 Å². The first-order valence-electron chi connectivity index (χ1n) is 5.54. The number of carbonyl (C=O) groups excluding carboxylic acids is 1.